The van der Waals surface area contributed by atoms with Crippen LogP contribution in [0.4, 0.5) is 0 Å². The number of carbonyl (C=O) groups is 2. The molecule has 4 heteroatoms. The summed E-state index contributed by atoms with van der Waals surface area (Å²) in [5.74, 6) is -0.292. The Labute approximate surface area is 133 Å². The van der Waals surface area contributed by atoms with E-state index in [1.807, 2.05) is 60.7 Å². The van der Waals surface area contributed by atoms with E-state index < -0.39 is 0 Å². The second kappa shape index (κ2) is 6.62. The molecule has 1 aliphatic heterocycles. The lowest BCUT2D eigenvalue weighted by Crippen LogP contribution is -2.30. The molecule has 2 amide bonds. The van der Waals surface area contributed by atoms with Crippen molar-refractivity contribution in [2.24, 2.45) is 0 Å². The lowest BCUT2D eigenvalue weighted by molar-refractivity contribution is -0.135. The summed E-state index contributed by atoms with van der Waals surface area (Å²) in [6.45, 7) is 0. The standard InChI is InChI=1S/C18H15NO2S/c20-17-13-16(22-15-11-7-4-8-12-15)18(21)19(17)14-9-5-2-1-3-6-10-14/h1-12,16H,13H2/b2-1-,3-1?,5-2?,6-3-,9-5-,10-6?,14-9?,14-10+. The number of carbonyl (C=O) groups excluding carboxylic acids is 2. The second-order valence-corrected chi connectivity index (χ2v) is 6.19. The Bertz CT molecular complexity index is 701. The molecule has 1 atom stereocenters. The number of hydrogen-bond donors (Lipinski definition) is 0. The van der Waals surface area contributed by atoms with Crippen molar-refractivity contribution in [1.29, 1.82) is 0 Å². The average molecular weight is 309 g/mol. The summed E-state index contributed by atoms with van der Waals surface area (Å²) in [6, 6.07) is 9.69. The summed E-state index contributed by atoms with van der Waals surface area (Å²) < 4.78 is 0. The molecule has 1 fully saturated rings. The number of imide groups is 1. The van der Waals surface area contributed by atoms with Gasteiger partial charge in [0.1, 0.15) is 0 Å². The zero-order chi connectivity index (χ0) is 15.4. The monoisotopic (exact) mass is 309 g/mol. The summed E-state index contributed by atoms with van der Waals surface area (Å²) in [7, 11) is 0. The van der Waals surface area contributed by atoms with E-state index in [0.717, 1.165) is 4.90 Å². The predicted octanol–water partition coefficient (Wildman–Crippen LogP) is 3.47. The van der Waals surface area contributed by atoms with Gasteiger partial charge in [0, 0.05) is 11.3 Å². The molecule has 1 aromatic rings. The lowest BCUT2D eigenvalue weighted by atomic mass is 10.2. The van der Waals surface area contributed by atoms with Gasteiger partial charge in [-0.2, -0.15) is 0 Å². The van der Waals surface area contributed by atoms with Gasteiger partial charge >= 0.3 is 0 Å². The van der Waals surface area contributed by atoms with Crippen molar-refractivity contribution >= 4 is 23.6 Å². The molecule has 0 N–H and O–H groups in total. The van der Waals surface area contributed by atoms with Gasteiger partial charge in [0.15, 0.2) is 0 Å². The molecular formula is C18H15NO2S. The van der Waals surface area contributed by atoms with E-state index >= 15 is 0 Å². The highest BCUT2D eigenvalue weighted by atomic mass is 32.2. The number of thioether (sulfide) groups is 1. The van der Waals surface area contributed by atoms with Crippen LogP contribution >= 0.6 is 11.8 Å². The number of nitrogens with zero attached hydrogens (tertiary/aromatic N) is 1. The fourth-order valence-electron chi connectivity index (χ4n) is 2.34. The number of rotatable bonds is 3. The Hall–Kier alpha value is -2.33. The molecule has 1 heterocycles. The van der Waals surface area contributed by atoms with Crippen molar-refractivity contribution in [1.82, 2.24) is 4.90 Å². The van der Waals surface area contributed by atoms with Crippen LogP contribution in [0.2, 0.25) is 0 Å². The van der Waals surface area contributed by atoms with Crippen LogP contribution in [-0.2, 0) is 9.59 Å². The highest BCUT2D eigenvalue weighted by Crippen LogP contribution is 2.33. The fourth-order valence-corrected chi connectivity index (χ4v) is 3.41. The van der Waals surface area contributed by atoms with Crippen molar-refractivity contribution in [2.45, 2.75) is 16.6 Å². The van der Waals surface area contributed by atoms with Crippen LogP contribution < -0.4 is 0 Å². The molecule has 1 aliphatic carbocycles. The number of allylic oxidation sites excluding steroid dienone is 7. The SMILES string of the molecule is O=C1CC(Sc2ccccc2)C(=O)N1C1=C/C=C\C=C/C=C\1. The first kappa shape index (κ1) is 14.6. The minimum atomic E-state index is -0.353. The van der Waals surface area contributed by atoms with Crippen LogP contribution in [0.25, 0.3) is 0 Å². The summed E-state index contributed by atoms with van der Waals surface area (Å²) >= 11 is 1.44. The van der Waals surface area contributed by atoms with Crippen LogP contribution in [0.1, 0.15) is 6.42 Å². The maximum atomic E-state index is 12.6. The maximum Gasteiger partial charge on any atom is 0.247 e. The van der Waals surface area contributed by atoms with E-state index in [1.54, 1.807) is 12.2 Å². The highest BCUT2D eigenvalue weighted by molar-refractivity contribution is 8.00. The van der Waals surface area contributed by atoms with Gasteiger partial charge in [0.25, 0.3) is 0 Å². The van der Waals surface area contributed by atoms with Gasteiger partial charge in [-0.05, 0) is 24.3 Å². The van der Waals surface area contributed by atoms with Gasteiger partial charge in [-0.1, -0.05) is 48.6 Å². The molecule has 0 spiro atoms. The molecule has 0 aromatic heterocycles. The van der Waals surface area contributed by atoms with Gasteiger partial charge in [-0.15, -0.1) is 11.8 Å². The molecule has 2 aliphatic rings. The van der Waals surface area contributed by atoms with Crippen LogP contribution in [0.3, 0.4) is 0 Å². The molecule has 0 saturated carbocycles. The van der Waals surface area contributed by atoms with Gasteiger partial charge in [-0.25, -0.2) is 4.90 Å². The van der Waals surface area contributed by atoms with Gasteiger partial charge in [-0.3, -0.25) is 9.59 Å². The van der Waals surface area contributed by atoms with Crippen molar-refractivity contribution < 1.29 is 9.59 Å². The topological polar surface area (TPSA) is 37.4 Å². The van der Waals surface area contributed by atoms with E-state index in [0.29, 0.717) is 5.70 Å². The van der Waals surface area contributed by atoms with Crippen molar-refractivity contribution in [3.8, 4) is 0 Å². The largest absolute Gasteiger partial charge is 0.274 e. The third-order valence-corrected chi connectivity index (χ3v) is 4.56. The van der Waals surface area contributed by atoms with Crippen LogP contribution in [0.15, 0.2) is 83.5 Å². The molecule has 0 radical (unpaired) electrons. The van der Waals surface area contributed by atoms with Crippen LogP contribution in [0, 0.1) is 0 Å². The summed E-state index contributed by atoms with van der Waals surface area (Å²) in [6.07, 6.45) is 13.1. The summed E-state index contributed by atoms with van der Waals surface area (Å²) in [5, 5.41) is -0.353. The van der Waals surface area contributed by atoms with Crippen molar-refractivity contribution in [3.05, 3.63) is 78.6 Å². The Morgan fingerprint density at radius 3 is 2.50 bits per heavy atom. The van der Waals surface area contributed by atoms with Gasteiger partial charge in [0.2, 0.25) is 11.8 Å². The van der Waals surface area contributed by atoms with Gasteiger partial charge in [0.05, 0.1) is 10.9 Å². The second-order valence-electron chi connectivity index (χ2n) is 4.91. The quantitative estimate of drug-likeness (QED) is 0.802. The molecule has 1 saturated heterocycles. The minimum Gasteiger partial charge on any atom is -0.274 e. The van der Waals surface area contributed by atoms with Crippen LogP contribution in [0.5, 0.6) is 0 Å². The number of amides is 2. The molecule has 1 aromatic carbocycles. The van der Waals surface area contributed by atoms with Crippen LogP contribution in [-0.4, -0.2) is 22.0 Å². The first-order valence-corrected chi connectivity index (χ1v) is 7.94. The predicted molar refractivity (Wildman–Crippen MR) is 88.1 cm³/mol. The zero-order valence-electron chi connectivity index (χ0n) is 11.9. The van der Waals surface area contributed by atoms with E-state index in [-0.39, 0.29) is 23.5 Å². The number of benzene rings is 1. The maximum absolute atomic E-state index is 12.6. The number of hydrogen-bond acceptors (Lipinski definition) is 3. The minimum absolute atomic E-state index is 0.146. The lowest BCUT2D eigenvalue weighted by Gasteiger charge is -2.16. The third kappa shape index (κ3) is 3.12. The molecule has 3 rings (SSSR count). The van der Waals surface area contributed by atoms with Crippen molar-refractivity contribution in [2.75, 3.05) is 0 Å². The van der Waals surface area contributed by atoms with Crippen molar-refractivity contribution in [3.63, 3.8) is 0 Å². The molecule has 110 valence electrons. The summed E-state index contributed by atoms with van der Waals surface area (Å²) in [4.78, 5) is 27.1. The highest BCUT2D eigenvalue weighted by Gasteiger charge is 2.40. The Morgan fingerprint density at radius 2 is 1.68 bits per heavy atom. The van der Waals surface area contributed by atoms with Gasteiger partial charge < -0.3 is 0 Å². The Morgan fingerprint density at radius 1 is 0.955 bits per heavy atom. The molecule has 22 heavy (non-hydrogen) atoms. The normalized spacial score (nSPS) is 27.7. The Balaban J connectivity index is 1.80. The van der Waals surface area contributed by atoms with E-state index in [9.17, 15) is 9.59 Å². The molecule has 3 nitrogen and oxygen atoms in total. The number of likely N-dealkylation sites (tertiary alicyclic amines) is 1. The molecule has 1 unspecified atom stereocenters. The molecule has 0 bridgehead atoms. The first-order chi connectivity index (χ1) is 10.8. The smallest absolute Gasteiger partial charge is 0.247 e. The fraction of sp³-hybridized carbons (Fsp3) is 0.111. The first-order valence-electron chi connectivity index (χ1n) is 7.06. The Kier molecular flexibility index (Phi) is 4.39. The third-order valence-electron chi connectivity index (χ3n) is 3.36. The molecular weight excluding hydrogens is 294 g/mol. The van der Waals surface area contributed by atoms with E-state index in [4.69, 9.17) is 0 Å². The average Bonchev–Trinajstić information content (AvgIpc) is 2.75. The van der Waals surface area contributed by atoms with E-state index in [1.165, 1.54) is 16.7 Å². The summed E-state index contributed by atoms with van der Waals surface area (Å²) in [5.41, 5.74) is 0.617. The van der Waals surface area contributed by atoms with E-state index in [2.05, 4.69) is 0 Å². The zero-order valence-corrected chi connectivity index (χ0v) is 12.7.